The highest BCUT2D eigenvalue weighted by Crippen LogP contribution is 2.37. The van der Waals surface area contributed by atoms with Crippen LogP contribution in [-0.2, 0) is 4.79 Å². The monoisotopic (exact) mass is 364 g/mol. The van der Waals surface area contributed by atoms with Crippen molar-refractivity contribution in [1.82, 2.24) is 4.57 Å². The fourth-order valence-corrected chi connectivity index (χ4v) is 3.22. The third kappa shape index (κ3) is 4.31. The Morgan fingerprint density at radius 2 is 1.78 bits per heavy atom. The number of nitrogens with one attached hydrogen (secondary N) is 1. The van der Waals surface area contributed by atoms with Crippen LogP contribution in [0, 0.1) is 6.92 Å². The van der Waals surface area contributed by atoms with Gasteiger partial charge in [0.2, 0.25) is 5.91 Å². The van der Waals surface area contributed by atoms with Gasteiger partial charge in [-0.25, -0.2) is 0 Å². The van der Waals surface area contributed by atoms with Gasteiger partial charge >= 0.3 is 0 Å². The van der Waals surface area contributed by atoms with Gasteiger partial charge in [0, 0.05) is 23.6 Å². The topological polar surface area (TPSA) is 52.5 Å². The molecule has 0 radical (unpaired) electrons. The summed E-state index contributed by atoms with van der Waals surface area (Å²) in [6, 6.07) is 17.2. The van der Waals surface area contributed by atoms with Crippen LogP contribution in [0.2, 0.25) is 0 Å². The lowest BCUT2D eigenvalue weighted by molar-refractivity contribution is -0.116. The number of rotatable bonds is 7. The summed E-state index contributed by atoms with van der Waals surface area (Å²) in [5, 5.41) is 2.99. The van der Waals surface area contributed by atoms with Gasteiger partial charge in [-0.2, -0.15) is 0 Å². The molecule has 140 valence electrons. The maximum absolute atomic E-state index is 12.8. The van der Waals surface area contributed by atoms with Gasteiger partial charge in [0.25, 0.3) is 0 Å². The number of aryl methyl sites for hydroxylation is 1. The molecule has 0 saturated heterocycles. The minimum atomic E-state index is -0.213. The molecule has 2 aromatic carbocycles. The van der Waals surface area contributed by atoms with Gasteiger partial charge in [0.1, 0.15) is 0 Å². The molecule has 0 fully saturated rings. The SMILES string of the molecule is COc1cccc(C(CC(=O)Nc2cccc(C)c2)n2cccc2)c1OC. The summed E-state index contributed by atoms with van der Waals surface area (Å²) in [5.74, 6) is 1.22. The Hall–Kier alpha value is -3.21. The van der Waals surface area contributed by atoms with Crippen molar-refractivity contribution in [3.63, 3.8) is 0 Å². The highest BCUT2D eigenvalue weighted by molar-refractivity contribution is 5.91. The Labute approximate surface area is 159 Å². The zero-order valence-corrected chi connectivity index (χ0v) is 15.8. The van der Waals surface area contributed by atoms with E-state index in [0.717, 1.165) is 16.8 Å². The van der Waals surface area contributed by atoms with E-state index in [4.69, 9.17) is 9.47 Å². The normalized spacial score (nSPS) is 11.7. The van der Waals surface area contributed by atoms with Crippen molar-refractivity contribution in [2.45, 2.75) is 19.4 Å². The minimum absolute atomic E-state index is 0.0656. The van der Waals surface area contributed by atoms with Crippen LogP contribution in [-0.4, -0.2) is 24.7 Å². The van der Waals surface area contributed by atoms with E-state index in [1.165, 1.54) is 0 Å². The van der Waals surface area contributed by atoms with Gasteiger partial charge in [0.15, 0.2) is 11.5 Å². The van der Waals surface area contributed by atoms with E-state index in [1.807, 2.05) is 78.5 Å². The second-order valence-corrected chi connectivity index (χ2v) is 6.35. The second kappa shape index (κ2) is 8.45. The van der Waals surface area contributed by atoms with Crippen molar-refractivity contribution >= 4 is 11.6 Å². The predicted octanol–water partition coefficient (Wildman–Crippen LogP) is 4.43. The van der Waals surface area contributed by atoms with Crippen molar-refractivity contribution in [1.29, 1.82) is 0 Å². The first kappa shape index (κ1) is 18.6. The summed E-state index contributed by atoms with van der Waals surface area (Å²) < 4.78 is 13.0. The summed E-state index contributed by atoms with van der Waals surface area (Å²) in [5.41, 5.74) is 2.79. The lowest BCUT2D eigenvalue weighted by Gasteiger charge is -2.22. The quantitative estimate of drug-likeness (QED) is 0.675. The second-order valence-electron chi connectivity index (χ2n) is 6.35. The largest absolute Gasteiger partial charge is 0.493 e. The Balaban J connectivity index is 1.90. The van der Waals surface area contributed by atoms with Crippen LogP contribution >= 0.6 is 0 Å². The third-order valence-corrected chi connectivity index (χ3v) is 4.46. The number of carbonyl (C=O) groups excluding carboxylic acids is 1. The Morgan fingerprint density at radius 1 is 1.04 bits per heavy atom. The number of carbonyl (C=O) groups is 1. The van der Waals surface area contributed by atoms with Crippen LogP contribution in [0.15, 0.2) is 67.0 Å². The molecule has 1 aromatic heterocycles. The Bertz CT molecular complexity index is 904. The van der Waals surface area contributed by atoms with E-state index in [1.54, 1.807) is 14.2 Å². The molecule has 0 saturated carbocycles. The molecule has 5 heteroatoms. The lowest BCUT2D eigenvalue weighted by Crippen LogP contribution is -2.20. The molecule has 1 atom stereocenters. The fraction of sp³-hybridized carbons (Fsp3) is 0.227. The van der Waals surface area contributed by atoms with Gasteiger partial charge in [0.05, 0.1) is 26.7 Å². The fourth-order valence-electron chi connectivity index (χ4n) is 3.22. The molecule has 0 spiro atoms. The number of hydrogen-bond donors (Lipinski definition) is 1. The molecule has 3 rings (SSSR count). The standard InChI is InChI=1S/C22H24N2O3/c1-16-8-6-9-17(14-16)23-21(25)15-19(24-12-4-5-13-24)18-10-7-11-20(26-2)22(18)27-3/h4-14,19H,15H2,1-3H3,(H,23,25). The molecule has 1 heterocycles. The van der Waals surface area contributed by atoms with Crippen LogP contribution < -0.4 is 14.8 Å². The molecule has 1 N–H and O–H groups in total. The first-order chi connectivity index (χ1) is 13.1. The van der Waals surface area contributed by atoms with Gasteiger partial charge in [-0.1, -0.05) is 24.3 Å². The molecule has 0 aliphatic rings. The number of hydrogen-bond acceptors (Lipinski definition) is 3. The van der Waals surface area contributed by atoms with Crippen LogP contribution in [0.4, 0.5) is 5.69 Å². The number of amides is 1. The molecule has 5 nitrogen and oxygen atoms in total. The van der Waals surface area contributed by atoms with Crippen molar-refractivity contribution in [2.75, 3.05) is 19.5 Å². The van der Waals surface area contributed by atoms with Crippen molar-refractivity contribution < 1.29 is 14.3 Å². The highest BCUT2D eigenvalue weighted by Gasteiger charge is 2.23. The van der Waals surface area contributed by atoms with Crippen LogP contribution in [0.25, 0.3) is 0 Å². The van der Waals surface area contributed by atoms with E-state index in [-0.39, 0.29) is 18.4 Å². The van der Waals surface area contributed by atoms with Gasteiger partial charge in [-0.05, 0) is 42.8 Å². The highest BCUT2D eigenvalue weighted by atomic mass is 16.5. The molecule has 1 amide bonds. The summed E-state index contributed by atoms with van der Waals surface area (Å²) in [6.45, 7) is 2.00. The summed E-state index contributed by atoms with van der Waals surface area (Å²) in [6.07, 6.45) is 4.17. The molecule has 27 heavy (non-hydrogen) atoms. The maximum atomic E-state index is 12.8. The predicted molar refractivity (Wildman–Crippen MR) is 107 cm³/mol. The molecule has 0 aliphatic heterocycles. The molecular formula is C22H24N2O3. The van der Waals surface area contributed by atoms with Crippen LogP contribution in [0.1, 0.15) is 23.6 Å². The van der Waals surface area contributed by atoms with Gasteiger partial charge in [-0.3, -0.25) is 4.79 Å². The Morgan fingerprint density at radius 3 is 2.44 bits per heavy atom. The van der Waals surface area contributed by atoms with Crippen molar-refractivity contribution in [2.24, 2.45) is 0 Å². The number of anilines is 1. The number of ether oxygens (including phenoxy) is 2. The summed E-state index contributed by atoms with van der Waals surface area (Å²) >= 11 is 0. The van der Waals surface area contributed by atoms with E-state index in [2.05, 4.69) is 5.32 Å². The maximum Gasteiger partial charge on any atom is 0.226 e. The van der Waals surface area contributed by atoms with Crippen LogP contribution in [0.5, 0.6) is 11.5 Å². The lowest BCUT2D eigenvalue weighted by atomic mass is 10.0. The average Bonchev–Trinajstić information content (AvgIpc) is 3.20. The smallest absolute Gasteiger partial charge is 0.226 e. The first-order valence-electron chi connectivity index (χ1n) is 8.82. The number of nitrogens with zero attached hydrogens (tertiary/aromatic N) is 1. The number of methoxy groups -OCH3 is 2. The number of benzene rings is 2. The van der Waals surface area contributed by atoms with E-state index >= 15 is 0 Å². The summed E-state index contributed by atoms with van der Waals surface area (Å²) in [4.78, 5) is 12.8. The zero-order chi connectivity index (χ0) is 19.2. The van der Waals surface area contributed by atoms with E-state index in [0.29, 0.717) is 11.5 Å². The van der Waals surface area contributed by atoms with Gasteiger partial charge in [-0.15, -0.1) is 0 Å². The number of aromatic nitrogens is 1. The van der Waals surface area contributed by atoms with Crippen molar-refractivity contribution in [3.05, 3.63) is 78.1 Å². The van der Waals surface area contributed by atoms with Crippen LogP contribution in [0.3, 0.4) is 0 Å². The molecule has 1 unspecified atom stereocenters. The average molecular weight is 364 g/mol. The molecule has 3 aromatic rings. The van der Waals surface area contributed by atoms with E-state index < -0.39 is 0 Å². The molecular weight excluding hydrogens is 340 g/mol. The molecule has 0 aliphatic carbocycles. The van der Waals surface area contributed by atoms with Gasteiger partial charge < -0.3 is 19.4 Å². The summed E-state index contributed by atoms with van der Waals surface area (Å²) in [7, 11) is 3.22. The Kier molecular flexibility index (Phi) is 5.81. The minimum Gasteiger partial charge on any atom is -0.493 e. The number of para-hydroxylation sites is 1. The third-order valence-electron chi connectivity index (χ3n) is 4.46. The first-order valence-corrected chi connectivity index (χ1v) is 8.82. The zero-order valence-electron chi connectivity index (χ0n) is 15.8. The van der Waals surface area contributed by atoms with E-state index in [9.17, 15) is 4.79 Å². The van der Waals surface area contributed by atoms with Crippen molar-refractivity contribution in [3.8, 4) is 11.5 Å². The molecule has 0 bridgehead atoms.